The molecule has 1 saturated carbocycles. The lowest BCUT2D eigenvalue weighted by atomic mass is 10.1. The Balaban J connectivity index is 2.10. The molecule has 0 aromatic heterocycles. The quantitative estimate of drug-likeness (QED) is 0.196. The number of alkyl halides is 3. The molecule has 19 heavy (non-hydrogen) atoms. The topological polar surface area (TPSA) is 79.9 Å². The standard InChI is InChI=1S/C11H20F3N3O2/c12-11(13,14)9(10(15)17-18)6-16-4-1-5-19-7-8-2-3-8/h8-9,16,18H,1-7H2,(H2,15,17). The minimum atomic E-state index is -4.52. The van der Waals surface area contributed by atoms with Crippen LogP contribution in [-0.2, 0) is 4.74 Å². The van der Waals surface area contributed by atoms with Crippen LogP contribution in [0.4, 0.5) is 13.2 Å². The number of nitrogens with one attached hydrogen (secondary N) is 1. The predicted molar refractivity (Wildman–Crippen MR) is 64.0 cm³/mol. The van der Waals surface area contributed by atoms with Crippen molar-refractivity contribution >= 4 is 5.84 Å². The van der Waals surface area contributed by atoms with E-state index < -0.39 is 24.5 Å². The van der Waals surface area contributed by atoms with Gasteiger partial charge in [0.05, 0.1) is 0 Å². The highest BCUT2D eigenvalue weighted by atomic mass is 19.4. The molecular weight excluding hydrogens is 263 g/mol. The molecule has 8 heteroatoms. The van der Waals surface area contributed by atoms with Gasteiger partial charge >= 0.3 is 6.18 Å². The summed E-state index contributed by atoms with van der Waals surface area (Å²) in [7, 11) is 0. The maximum atomic E-state index is 12.5. The lowest BCUT2D eigenvalue weighted by molar-refractivity contribution is -0.154. The van der Waals surface area contributed by atoms with Gasteiger partial charge < -0.3 is 21.0 Å². The fourth-order valence-corrected chi connectivity index (χ4v) is 1.54. The first-order valence-electron chi connectivity index (χ1n) is 6.27. The van der Waals surface area contributed by atoms with Crippen LogP contribution in [0.15, 0.2) is 5.16 Å². The van der Waals surface area contributed by atoms with Crippen molar-refractivity contribution in [2.75, 3.05) is 26.3 Å². The van der Waals surface area contributed by atoms with Crippen LogP contribution < -0.4 is 11.1 Å². The van der Waals surface area contributed by atoms with E-state index in [1.807, 2.05) is 0 Å². The molecule has 0 aliphatic heterocycles. The van der Waals surface area contributed by atoms with Crippen LogP contribution >= 0.6 is 0 Å². The summed E-state index contributed by atoms with van der Waals surface area (Å²) in [6.07, 6.45) is -1.46. The van der Waals surface area contributed by atoms with Crippen LogP contribution in [-0.4, -0.2) is 43.5 Å². The summed E-state index contributed by atoms with van der Waals surface area (Å²) in [5, 5.41) is 13.4. The van der Waals surface area contributed by atoms with Gasteiger partial charge in [0.25, 0.3) is 0 Å². The van der Waals surface area contributed by atoms with E-state index in [0.717, 1.165) is 6.61 Å². The number of oxime groups is 1. The Labute approximate surface area is 110 Å². The number of halogens is 3. The summed E-state index contributed by atoms with van der Waals surface area (Å²) in [6, 6.07) is 0. The third-order valence-corrected chi connectivity index (χ3v) is 2.91. The van der Waals surface area contributed by atoms with Crippen LogP contribution in [0.2, 0.25) is 0 Å². The molecule has 1 aliphatic carbocycles. The van der Waals surface area contributed by atoms with E-state index in [0.29, 0.717) is 25.5 Å². The molecule has 0 radical (unpaired) electrons. The molecule has 0 aromatic rings. The van der Waals surface area contributed by atoms with Gasteiger partial charge in [-0.1, -0.05) is 5.16 Å². The molecule has 1 atom stereocenters. The summed E-state index contributed by atoms with van der Waals surface area (Å²) in [4.78, 5) is 0. The molecule has 1 rings (SSSR count). The highest BCUT2D eigenvalue weighted by Crippen LogP contribution is 2.28. The second-order valence-corrected chi connectivity index (χ2v) is 4.70. The minimum Gasteiger partial charge on any atom is -0.409 e. The molecule has 1 aliphatic rings. The van der Waals surface area contributed by atoms with Gasteiger partial charge in [-0.15, -0.1) is 0 Å². The van der Waals surface area contributed by atoms with Gasteiger partial charge in [0.1, 0.15) is 5.92 Å². The molecule has 112 valence electrons. The molecule has 0 aromatic carbocycles. The summed E-state index contributed by atoms with van der Waals surface area (Å²) in [6.45, 7) is 1.27. The van der Waals surface area contributed by atoms with Crippen molar-refractivity contribution < 1.29 is 23.1 Å². The summed E-state index contributed by atoms with van der Waals surface area (Å²) in [5.74, 6) is -2.11. The van der Waals surface area contributed by atoms with Crippen molar-refractivity contribution in [1.82, 2.24) is 5.32 Å². The fourth-order valence-electron chi connectivity index (χ4n) is 1.54. The molecule has 0 amide bonds. The number of rotatable bonds is 9. The molecule has 1 unspecified atom stereocenters. The first kappa shape index (κ1) is 16.0. The Bertz CT molecular complexity index is 293. The average Bonchev–Trinajstić information content (AvgIpc) is 3.14. The Kier molecular flexibility index (Phi) is 6.36. The number of ether oxygens (including phenoxy) is 1. The van der Waals surface area contributed by atoms with Crippen LogP contribution in [0.25, 0.3) is 0 Å². The lowest BCUT2D eigenvalue weighted by Gasteiger charge is -2.19. The van der Waals surface area contributed by atoms with Crippen LogP contribution in [0, 0.1) is 11.8 Å². The monoisotopic (exact) mass is 283 g/mol. The third kappa shape index (κ3) is 6.63. The number of nitrogens with zero attached hydrogens (tertiary/aromatic N) is 1. The van der Waals surface area contributed by atoms with E-state index in [2.05, 4.69) is 10.5 Å². The number of hydrogen-bond donors (Lipinski definition) is 3. The zero-order chi connectivity index (χ0) is 14.3. The van der Waals surface area contributed by atoms with E-state index in [9.17, 15) is 13.2 Å². The number of nitrogens with two attached hydrogens (primary N) is 1. The van der Waals surface area contributed by atoms with Gasteiger partial charge in [-0.2, -0.15) is 13.2 Å². The van der Waals surface area contributed by atoms with Gasteiger partial charge in [-0.3, -0.25) is 0 Å². The summed E-state index contributed by atoms with van der Waals surface area (Å²) >= 11 is 0. The SMILES string of the molecule is NC(=NO)C(CNCCCOCC1CC1)C(F)(F)F. The van der Waals surface area contributed by atoms with Crippen molar-refractivity contribution in [2.45, 2.75) is 25.4 Å². The Morgan fingerprint density at radius 1 is 1.47 bits per heavy atom. The number of amidine groups is 1. The summed E-state index contributed by atoms with van der Waals surface area (Å²) in [5.41, 5.74) is 5.02. The van der Waals surface area contributed by atoms with E-state index in [4.69, 9.17) is 15.7 Å². The summed E-state index contributed by atoms with van der Waals surface area (Å²) < 4.78 is 43.0. The molecular formula is C11H20F3N3O2. The average molecular weight is 283 g/mol. The second-order valence-electron chi connectivity index (χ2n) is 4.70. The third-order valence-electron chi connectivity index (χ3n) is 2.91. The van der Waals surface area contributed by atoms with Crippen molar-refractivity contribution in [1.29, 1.82) is 0 Å². The number of hydrogen-bond acceptors (Lipinski definition) is 4. The van der Waals surface area contributed by atoms with Crippen LogP contribution in [0.5, 0.6) is 0 Å². The van der Waals surface area contributed by atoms with Gasteiger partial charge in [0.15, 0.2) is 5.84 Å². The maximum absolute atomic E-state index is 12.5. The van der Waals surface area contributed by atoms with Gasteiger partial charge in [-0.25, -0.2) is 0 Å². The molecule has 0 bridgehead atoms. The van der Waals surface area contributed by atoms with E-state index in [1.165, 1.54) is 12.8 Å². The largest absolute Gasteiger partial charge is 0.409 e. The molecule has 5 nitrogen and oxygen atoms in total. The second kappa shape index (κ2) is 7.54. The molecule has 1 fully saturated rings. The fraction of sp³-hybridized carbons (Fsp3) is 0.909. The Morgan fingerprint density at radius 3 is 2.68 bits per heavy atom. The highest BCUT2D eigenvalue weighted by Gasteiger charge is 2.42. The van der Waals surface area contributed by atoms with Crippen LogP contribution in [0.3, 0.4) is 0 Å². The Morgan fingerprint density at radius 2 is 2.16 bits per heavy atom. The minimum absolute atomic E-state index is 0.399. The lowest BCUT2D eigenvalue weighted by Crippen LogP contribution is -2.43. The predicted octanol–water partition coefficient (Wildman–Crippen LogP) is 1.32. The zero-order valence-corrected chi connectivity index (χ0v) is 10.6. The van der Waals surface area contributed by atoms with Crippen LogP contribution in [0.1, 0.15) is 19.3 Å². The van der Waals surface area contributed by atoms with Gasteiger partial charge in [-0.05, 0) is 31.7 Å². The maximum Gasteiger partial charge on any atom is 0.400 e. The van der Waals surface area contributed by atoms with Crippen molar-refractivity contribution in [3.63, 3.8) is 0 Å². The first-order valence-corrected chi connectivity index (χ1v) is 6.27. The van der Waals surface area contributed by atoms with Crippen molar-refractivity contribution in [3.05, 3.63) is 0 Å². The molecule has 0 saturated heterocycles. The highest BCUT2D eigenvalue weighted by molar-refractivity contribution is 5.83. The van der Waals surface area contributed by atoms with E-state index in [1.54, 1.807) is 0 Å². The van der Waals surface area contributed by atoms with E-state index in [-0.39, 0.29) is 0 Å². The van der Waals surface area contributed by atoms with E-state index >= 15 is 0 Å². The van der Waals surface area contributed by atoms with Gasteiger partial charge in [0.2, 0.25) is 0 Å². The Hall–Kier alpha value is -1.02. The zero-order valence-electron chi connectivity index (χ0n) is 10.6. The molecule has 0 heterocycles. The van der Waals surface area contributed by atoms with Crippen molar-refractivity contribution in [3.8, 4) is 0 Å². The van der Waals surface area contributed by atoms with Crippen molar-refractivity contribution in [2.24, 2.45) is 22.7 Å². The molecule has 4 N–H and O–H groups in total. The molecule has 0 spiro atoms. The normalized spacial score (nSPS) is 18.6. The smallest absolute Gasteiger partial charge is 0.400 e. The first-order chi connectivity index (χ1) is 8.95. The van der Waals surface area contributed by atoms with Gasteiger partial charge in [0, 0.05) is 19.8 Å².